The van der Waals surface area contributed by atoms with E-state index < -0.39 is 22.8 Å². The molecule has 0 unspecified atom stereocenters. The highest BCUT2D eigenvalue weighted by atomic mass is 35.5. The van der Waals surface area contributed by atoms with Crippen molar-refractivity contribution >= 4 is 46.9 Å². The second-order valence-electron chi connectivity index (χ2n) is 6.42. The Hall–Kier alpha value is -4.24. The molecule has 2 heterocycles. The molecule has 0 spiro atoms. The summed E-state index contributed by atoms with van der Waals surface area (Å²) in [6.45, 7) is 0. The zero-order chi connectivity index (χ0) is 22.1. The van der Waals surface area contributed by atoms with Crippen LogP contribution in [-0.4, -0.2) is 22.8 Å². The number of halogens is 1. The van der Waals surface area contributed by atoms with Crippen molar-refractivity contribution in [1.29, 1.82) is 0 Å². The van der Waals surface area contributed by atoms with Crippen molar-refractivity contribution in [3.8, 4) is 11.3 Å². The van der Waals surface area contributed by atoms with E-state index in [-0.39, 0.29) is 27.8 Å². The lowest BCUT2D eigenvalue weighted by molar-refractivity contribution is -0.384. The lowest BCUT2D eigenvalue weighted by atomic mass is 10.1. The van der Waals surface area contributed by atoms with Crippen molar-refractivity contribution in [2.45, 2.75) is 0 Å². The Kier molecular flexibility index (Phi) is 5.10. The summed E-state index contributed by atoms with van der Waals surface area (Å²) in [5, 5.41) is 13.1. The number of imide groups is 2. The third-order valence-corrected chi connectivity index (χ3v) is 4.77. The van der Waals surface area contributed by atoms with Gasteiger partial charge in [0.25, 0.3) is 17.5 Å². The zero-order valence-corrected chi connectivity index (χ0v) is 16.3. The number of carbonyl (C=O) groups excluding carboxylic acids is 3. The van der Waals surface area contributed by atoms with Crippen LogP contribution in [0, 0.1) is 10.1 Å². The first-order valence-corrected chi connectivity index (χ1v) is 9.23. The number of para-hydroxylation sites is 1. The Morgan fingerprint density at radius 1 is 1.03 bits per heavy atom. The molecule has 1 aromatic heterocycles. The maximum atomic E-state index is 12.8. The standard InChI is InChI=1S/C21H12ClN3O6/c22-17-10-13(25(29)30)6-8-15(17)18-9-7-14(31-18)11-16-19(26)23-21(28)24(20(16)27)12-4-2-1-3-5-12/h1-11H,(H,23,26,28)/b16-11+. The van der Waals surface area contributed by atoms with Gasteiger partial charge in [0.05, 0.1) is 15.6 Å². The molecule has 1 aliphatic heterocycles. The molecule has 31 heavy (non-hydrogen) atoms. The lowest BCUT2D eigenvalue weighted by Crippen LogP contribution is -2.54. The monoisotopic (exact) mass is 437 g/mol. The number of furan rings is 1. The van der Waals surface area contributed by atoms with E-state index in [2.05, 4.69) is 5.32 Å². The van der Waals surface area contributed by atoms with Crippen molar-refractivity contribution in [2.75, 3.05) is 4.90 Å². The fourth-order valence-corrected chi connectivity index (χ4v) is 3.27. The molecule has 1 N–H and O–H groups in total. The molecule has 10 heteroatoms. The predicted molar refractivity (Wildman–Crippen MR) is 111 cm³/mol. The van der Waals surface area contributed by atoms with Crippen LogP contribution in [-0.2, 0) is 9.59 Å². The van der Waals surface area contributed by atoms with Crippen molar-refractivity contribution in [3.05, 3.63) is 87.1 Å². The minimum absolute atomic E-state index is 0.107. The highest BCUT2D eigenvalue weighted by Gasteiger charge is 2.37. The molecule has 0 radical (unpaired) electrons. The number of benzene rings is 2. The SMILES string of the molecule is O=C1NC(=O)N(c2ccccc2)C(=O)/C1=C/c1ccc(-c2ccc([N+](=O)[O-])cc2Cl)o1. The van der Waals surface area contributed by atoms with E-state index in [0.29, 0.717) is 11.3 Å². The van der Waals surface area contributed by atoms with Gasteiger partial charge in [0.15, 0.2) is 0 Å². The van der Waals surface area contributed by atoms with Gasteiger partial charge < -0.3 is 4.42 Å². The molecule has 0 atom stereocenters. The van der Waals surface area contributed by atoms with Crippen LogP contribution in [0.25, 0.3) is 17.4 Å². The lowest BCUT2D eigenvalue weighted by Gasteiger charge is -2.26. The van der Waals surface area contributed by atoms with Crippen LogP contribution >= 0.6 is 11.6 Å². The van der Waals surface area contributed by atoms with Crippen LogP contribution in [0.15, 0.2) is 70.7 Å². The maximum Gasteiger partial charge on any atom is 0.335 e. The van der Waals surface area contributed by atoms with Crippen LogP contribution in [0.5, 0.6) is 0 Å². The molecule has 1 saturated heterocycles. The fourth-order valence-electron chi connectivity index (χ4n) is 3.00. The van der Waals surface area contributed by atoms with E-state index >= 15 is 0 Å². The molecule has 2 aromatic carbocycles. The first-order chi connectivity index (χ1) is 14.8. The van der Waals surface area contributed by atoms with Gasteiger partial charge >= 0.3 is 6.03 Å². The summed E-state index contributed by atoms with van der Waals surface area (Å²) in [6.07, 6.45) is 1.21. The van der Waals surface area contributed by atoms with Gasteiger partial charge in [-0.3, -0.25) is 25.0 Å². The molecule has 9 nitrogen and oxygen atoms in total. The number of carbonyl (C=O) groups is 3. The summed E-state index contributed by atoms with van der Waals surface area (Å²) in [5.41, 5.74) is 0.246. The van der Waals surface area contributed by atoms with E-state index in [1.165, 1.54) is 30.3 Å². The predicted octanol–water partition coefficient (Wildman–Crippen LogP) is 4.17. The summed E-state index contributed by atoms with van der Waals surface area (Å²) in [5.74, 6) is -1.21. The average Bonchev–Trinajstić information content (AvgIpc) is 3.20. The molecular weight excluding hydrogens is 426 g/mol. The number of amides is 4. The first-order valence-electron chi connectivity index (χ1n) is 8.86. The van der Waals surface area contributed by atoms with Crippen molar-refractivity contribution < 1.29 is 23.7 Å². The normalized spacial score (nSPS) is 15.3. The van der Waals surface area contributed by atoms with Crippen molar-refractivity contribution in [2.24, 2.45) is 0 Å². The molecule has 0 saturated carbocycles. The molecule has 0 bridgehead atoms. The van der Waals surface area contributed by atoms with Crippen LogP contribution in [0.3, 0.4) is 0 Å². The Morgan fingerprint density at radius 3 is 2.45 bits per heavy atom. The Morgan fingerprint density at radius 2 is 1.77 bits per heavy atom. The van der Waals surface area contributed by atoms with Crippen molar-refractivity contribution in [1.82, 2.24) is 5.32 Å². The summed E-state index contributed by atoms with van der Waals surface area (Å²) in [6, 6.07) is 14.3. The van der Waals surface area contributed by atoms with Gasteiger partial charge in [-0.25, -0.2) is 9.69 Å². The van der Waals surface area contributed by atoms with E-state index in [4.69, 9.17) is 16.0 Å². The number of anilines is 1. The molecule has 1 fully saturated rings. The first kappa shape index (κ1) is 20.0. The summed E-state index contributed by atoms with van der Waals surface area (Å²) >= 11 is 6.12. The Balaban J connectivity index is 1.67. The minimum atomic E-state index is -0.853. The zero-order valence-electron chi connectivity index (χ0n) is 15.6. The number of hydrogen-bond acceptors (Lipinski definition) is 6. The van der Waals surface area contributed by atoms with Gasteiger partial charge in [0.1, 0.15) is 17.1 Å². The van der Waals surface area contributed by atoms with Gasteiger partial charge in [0.2, 0.25) is 0 Å². The van der Waals surface area contributed by atoms with E-state index in [0.717, 1.165) is 4.90 Å². The molecule has 3 aromatic rings. The fraction of sp³-hybridized carbons (Fsp3) is 0. The summed E-state index contributed by atoms with van der Waals surface area (Å²) < 4.78 is 5.65. The highest BCUT2D eigenvalue weighted by Crippen LogP contribution is 2.33. The second kappa shape index (κ2) is 7.88. The van der Waals surface area contributed by atoms with Gasteiger partial charge in [-0.05, 0) is 36.4 Å². The van der Waals surface area contributed by atoms with Gasteiger partial charge in [-0.15, -0.1) is 0 Å². The third kappa shape index (κ3) is 3.81. The van der Waals surface area contributed by atoms with Crippen LogP contribution < -0.4 is 10.2 Å². The number of hydrogen-bond donors (Lipinski definition) is 1. The number of nitro benzene ring substituents is 1. The van der Waals surface area contributed by atoms with Gasteiger partial charge in [-0.1, -0.05) is 29.8 Å². The topological polar surface area (TPSA) is 123 Å². The molecular formula is C21H12ClN3O6. The maximum absolute atomic E-state index is 12.8. The highest BCUT2D eigenvalue weighted by molar-refractivity contribution is 6.39. The third-order valence-electron chi connectivity index (χ3n) is 4.46. The minimum Gasteiger partial charge on any atom is -0.457 e. The number of rotatable bonds is 4. The molecule has 154 valence electrons. The van der Waals surface area contributed by atoms with E-state index in [1.54, 1.807) is 36.4 Å². The van der Waals surface area contributed by atoms with Crippen LogP contribution in [0.2, 0.25) is 5.02 Å². The molecule has 1 aliphatic rings. The number of non-ortho nitro benzene ring substituents is 1. The van der Waals surface area contributed by atoms with Crippen LogP contribution in [0.1, 0.15) is 5.76 Å². The van der Waals surface area contributed by atoms with E-state index in [9.17, 15) is 24.5 Å². The Labute approximate surface area is 179 Å². The second-order valence-corrected chi connectivity index (χ2v) is 6.82. The quantitative estimate of drug-likeness (QED) is 0.283. The van der Waals surface area contributed by atoms with E-state index in [1.807, 2.05) is 0 Å². The Bertz CT molecular complexity index is 1270. The average molecular weight is 438 g/mol. The molecule has 4 rings (SSSR count). The number of nitro groups is 1. The number of barbiturate groups is 1. The molecule has 4 amide bonds. The van der Waals surface area contributed by atoms with Gasteiger partial charge in [-0.2, -0.15) is 0 Å². The summed E-state index contributed by atoms with van der Waals surface area (Å²) in [7, 11) is 0. The number of nitrogens with one attached hydrogen (secondary N) is 1. The van der Waals surface area contributed by atoms with Crippen LogP contribution in [0.4, 0.5) is 16.2 Å². The summed E-state index contributed by atoms with van der Waals surface area (Å²) in [4.78, 5) is 48.4. The molecule has 0 aliphatic carbocycles. The smallest absolute Gasteiger partial charge is 0.335 e. The number of nitrogens with zero attached hydrogens (tertiary/aromatic N) is 2. The largest absolute Gasteiger partial charge is 0.457 e. The number of urea groups is 1. The van der Waals surface area contributed by atoms with Crippen molar-refractivity contribution in [3.63, 3.8) is 0 Å². The van der Waals surface area contributed by atoms with Gasteiger partial charge in [0, 0.05) is 17.7 Å².